The number of hydrogen-bond donors (Lipinski definition) is 2. The van der Waals surface area contributed by atoms with Crippen molar-refractivity contribution < 1.29 is 10.2 Å². The summed E-state index contributed by atoms with van der Waals surface area (Å²) in [5.41, 5.74) is 0. The molecule has 1 unspecified atom stereocenters. The average molecular weight is 186 g/mol. The summed E-state index contributed by atoms with van der Waals surface area (Å²) in [6, 6.07) is 0. The number of aliphatic hydroxyl groups excluding tert-OH is 2. The third-order valence-corrected chi connectivity index (χ3v) is 2.54. The minimum Gasteiger partial charge on any atom is -0.504 e. The van der Waals surface area contributed by atoms with E-state index in [2.05, 4.69) is 0 Å². The first kappa shape index (κ1) is 8.44. The van der Waals surface area contributed by atoms with Gasteiger partial charge in [-0.3, -0.25) is 0 Å². The second kappa shape index (κ2) is 3.65. The molecule has 0 amide bonds. The van der Waals surface area contributed by atoms with Gasteiger partial charge < -0.3 is 10.2 Å². The Kier molecular flexibility index (Phi) is 2.80. The maximum absolute atomic E-state index is 9.16. The van der Waals surface area contributed by atoms with Gasteiger partial charge in [0.05, 0.1) is 4.61 Å². The molecule has 4 heteroatoms. The predicted octanol–water partition coefficient (Wildman–Crippen LogP) is 2.40. The van der Waals surface area contributed by atoms with Crippen LogP contribution in [0.25, 0.3) is 0 Å². The number of thiocarbonyl (C=S) groups is 1. The molecule has 0 aliphatic carbocycles. The molecule has 1 rings (SSSR count). The first-order chi connectivity index (χ1) is 5.22. The smallest absolute Gasteiger partial charge is 0.176 e. The Hall–Kier alpha value is -0.660. The Balaban J connectivity index is 3.00. The highest BCUT2D eigenvalue weighted by Gasteiger charge is 2.06. The lowest BCUT2D eigenvalue weighted by Gasteiger charge is -2.02. The molecular weight excluding hydrogens is 179 g/mol. The molecule has 1 aliphatic rings. The third-order valence-electron chi connectivity index (χ3n) is 1.13. The van der Waals surface area contributed by atoms with Gasteiger partial charge in [0.15, 0.2) is 11.5 Å². The lowest BCUT2D eigenvalue weighted by Crippen LogP contribution is -1.96. The fourth-order valence-electron chi connectivity index (χ4n) is 0.590. The predicted molar refractivity (Wildman–Crippen MR) is 51.5 cm³/mol. The minimum atomic E-state index is -0.182. The van der Waals surface area contributed by atoms with Crippen LogP contribution >= 0.6 is 20.8 Å². The Morgan fingerprint density at radius 2 is 2.00 bits per heavy atom. The van der Waals surface area contributed by atoms with Crippen molar-refractivity contribution in [2.75, 3.05) is 0 Å². The maximum Gasteiger partial charge on any atom is 0.176 e. The number of hydrogen-bond acceptors (Lipinski definition) is 3. The van der Waals surface area contributed by atoms with E-state index in [1.807, 2.05) is 5.82 Å². The quantitative estimate of drug-likeness (QED) is 0.450. The normalized spacial score (nSPS) is 20.5. The van der Waals surface area contributed by atoms with Gasteiger partial charge in [0.25, 0.3) is 0 Å². The van der Waals surface area contributed by atoms with Gasteiger partial charge in [0, 0.05) is 0 Å². The molecule has 0 spiro atoms. The summed E-state index contributed by atoms with van der Waals surface area (Å²) in [6.07, 6.45) is 4.84. The Bertz CT molecular complexity index is 266. The molecule has 2 N–H and O–H groups in total. The van der Waals surface area contributed by atoms with Crippen LogP contribution in [0, 0.1) is 0 Å². The second-order valence-corrected chi connectivity index (χ2v) is 3.82. The van der Waals surface area contributed by atoms with Crippen molar-refractivity contribution in [3.63, 3.8) is 0 Å². The van der Waals surface area contributed by atoms with Gasteiger partial charge in [-0.05, 0) is 6.08 Å². The summed E-state index contributed by atoms with van der Waals surface area (Å²) < 4.78 is 0.392. The zero-order valence-electron chi connectivity index (χ0n) is 5.61. The van der Waals surface area contributed by atoms with Gasteiger partial charge in [-0.15, -0.1) is 0 Å². The van der Waals surface area contributed by atoms with Crippen LogP contribution in [0.2, 0.25) is 0 Å². The van der Waals surface area contributed by atoms with Crippen LogP contribution in [0.4, 0.5) is 0 Å². The van der Waals surface area contributed by atoms with Gasteiger partial charge in [-0.2, -0.15) is 0 Å². The van der Waals surface area contributed by atoms with E-state index in [0.717, 1.165) is 0 Å². The van der Waals surface area contributed by atoms with Crippen LogP contribution in [0.5, 0.6) is 0 Å². The molecule has 0 fully saturated rings. The maximum atomic E-state index is 9.16. The average Bonchev–Trinajstić information content (AvgIpc) is 2.00. The number of aliphatic hydroxyl groups is 2. The molecule has 0 aromatic carbocycles. The van der Waals surface area contributed by atoms with Crippen molar-refractivity contribution in [3.8, 4) is 0 Å². The summed E-state index contributed by atoms with van der Waals surface area (Å²) in [4.78, 5) is 0. The molecule has 11 heavy (non-hydrogen) atoms. The fourth-order valence-corrected chi connectivity index (χ4v) is 1.52. The topological polar surface area (TPSA) is 40.5 Å². The molecule has 1 heterocycles. The van der Waals surface area contributed by atoms with Crippen molar-refractivity contribution in [1.82, 2.24) is 0 Å². The molecular formula is C7H7O2PS. The Morgan fingerprint density at radius 1 is 1.27 bits per heavy atom. The highest BCUT2D eigenvalue weighted by Crippen LogP contribution is 2.23. The lowest BCUT2D eigenvalue weighted by molar-refractivity contribution is 0.361. The molecule has 0 saturated heterocycles. The largest absolute Gasteiger partial charge is 0.504 e. The third kappa shape index (κ3) is 2.14. The highest BCUT2D eigenvalue weighted by atomic mass is 32.1. The zero-order valence-corrected chi connectivity index (χ0v) is 7.43. The van der Waals surface area contributed by atoms with E-state index >= 15 is 0 Å². The Labute approximate surface area is 71.7 Å². The van der Waals surface area contributed by atoms with E-state index in [4.69, 9.17) is 22.4 Å². The van der Waals surface area contributed by atoms with E-state index in [1.54, 1.807) is 12.2 Å². The zero-order chi connectivity index (χ0) is 8.27. The van der Waals surface area contributed by atoms with Crippen LogP contribution in [0.3, 0.4) is 0 Å². The van der Waals surface area contributed by atoms with E-state index in [0.29, 0.717) is 4.61 Å². The molecule has 58 valence electrons. The van der Waals surface area contributed by atoms with Crippen LogP contribution in [-0.4, -0.2) is 14.8 Å². The van der Waals surface area contributed by atoms with Gasteiger partial charge in [-0.25, -0.2) is 0 Å². The summed E-state index contributed by atoms with van der Waals surface area (Å²) in [7, 11) is 0.262. The molecule has 0 aromatic rings. The first-order valence-electron chi connectivity index (χ1n) is 2.98. The van der Waals surface area contributed by atoms with Crippen LogP contribution in [-0.2, 0) is 0 Å². The van der Waals surface area contributed by atoms with E-state index in [9.17, 15) is 0 Å². The number of allylic oxidation sites excluding steroid dienone is 4. The van der Waals surface area contributed by atoms with E-state index in [1.165, 1.54) is 6.08 Å². The van der Waals surface area contributed by atoms with E-state index in [-0.39, 0.29) is 20.1 Å². The fraction of sp³-hybridized carbons (Fsp3) is 0. The van der Waals surface area contributed by atoms with Crippen LogP contribution in [0.15, 0.2) is 35.6 Å². The molecule has 1 atom stereocenters. The molecule has 1 aliphatic heterocycles. The van der Waals surface area contributed by atoms with Crippen LogP contribution in [0.1, 0.15) is 0 Å². The Morgan fingerprint density at radius 3 is 2.73 bits per heavy atom. The standard InChI is InChI=1S/C7H7O2PS/c8-5-3-1-2-4-10-7(11)6(5)9/h1-4,8-10H. The van der Waals surface area contributed by atoms with Crippen molar-refractivity contribution in [1.29, 1.82) is 0 Å². The second-order valence-electron chi connectivity index (χ2n) is 1.93. The molecule has 0 saturated carbocycles. The van der Waals surface area contributed by atoms with Crippen molar-refractivity contribution in [2.24, 2.45) is 0 Å². The SMILES string of the molecule is OC1=C(O)C(=S)PC=CC=C1. The van der Waals surface area contributed by atoms with E-state index < -0.39 is 0 Å². The molecule has 2 nitrogen and oxygen atoms in total. The monoisotopic (exact) mass is 186 g/mol. The highest BCUT2D eigenvalue weighted by molar-refractivity contribution is 7.94. The van der Waals surface area contributed by atoms with Gasteiger partial charge in [-0.1, -0.05) is 38.8 Å². The molecule has 0 radical (unpaired) electrons. The number of rotatable bonds is 0. The summed E-state index contributed by atoms with van der Waals surface area (Å²) >= 11 is 4.81. The van der Waals surface area contributed by atoms with Crippen molar-refractivity contribution >= 4 is 25.4 Å². The summed E-state index contributed by atoms with van der Waals surface area (Å²) in [5.74, 6) is 1.51. The molecule has 0 aromatic heterocycles. The minimum absolute atomic E-state index is 0.160. The van der Waals surface area contributed by atoms with Crippen LogP contribution < -0.4 is 0 Å². The van der Waals surface area contributed by atoms with Gasteiger partial charge in [0.2, 0.25) is 0 Å². The molecule has 0 bridgehead atoms. The van der Waals surface area contributed by atoms with Crippen molar-refractivity contribution in [2.45, 2.75) is 0 Å². The van der Waals surface area contributed by atoms with Gasteiger partial charge in [0.1, 0.15) is 0 Å². The van der Waals surface area contributed by atoms with Crippen molar-refractivity contribution in [3.05, 3.63) is 35.6 Å². The lowest BCUT2D eigenvalue weighted by atomic mass is 10.3. The van der Waals surface area contributed by atoms with Gasteiger partial charge >= 0.3 is 0 Å². The summed E-state index contributed by atoms with van der Waals surface area (Å²) in [5, 5.41) is 18.2. The summed E-state index contributed by atoms with van der Waals surface area (Å²) in [6.45, 7) is 0. The first-order valence-corrected chi connectivity index (χ1v) is 4.46.